The number of nitrogens with zero attached hydrogens (tertiary/aromatic N) is 2. The molecule has 0 fully saturated rings. The Labute approximate surface area is 170 Å². The molecule has 0 atom stereocenters. The molecule has 4 amide bonds. The average molecular weight is 412 g/mol. The molecule has 0 bridgehead atoms. The van der Waals surface area contributed by atoms with Gasteiger partial charge in [0.05, 0.1) is 11.4 Å². The van der Waals surface area contributed by atoms with Crippen molar-refractivity contribution in [3.63, 3.8) is 0 Å². The number of rotatable bonds is 4. The predicted octanol–water partition coefficient (Wildman–Crippen LogP) is 2.76. The number of aliphatic imine (C=N–C) groups is 1. The Bertz CT molecular complexity index is 991. The van der Waals surface area contributed by atoms with Gasteiger partial charge in [0.2, 0.25) is 5.91 Å². The molecule has 2 aromatic carbocycles. The van der Waals surface area contributed by atoms with Gasteiger partial charge in [0.15, 0.2) is 5.17 Å². The summed E-state index contributed by atoms with van der Waals surface area (Å²) in [6, 6.07) is 14.0. The van der Waals surface area contributed by atoms with Gasteiger partial charge in [-0.05, 0) is 35.9 Å². The fraction of sp³-hybridized carbons (Fsp3) is 0.100. The number of thioether (sulfide) groups is 1. The van der Waals surface area contributed by atoms with Crippen LogP contribution in [0.25, 0.3) is 6.08 Å². The Morgan fingerprint density at radius 1 is 1.14 bits per heavy atom. The van der Waals surface area contributed by atoms with Crippen molar-refractivity contribution < 1.29 is 18.8 Å². The maximum Gasteiger partial charge on any atom is 0.321 e. The molecule has 148 valence electrons. The smallest absolute Gasteiger partial charge is 0.321 e. The van der Waals surface area contributed by atoms with Crippen LogP contribution in [0.15, 0.2) is 65.3 Å². The molecule has 2 N–H and O–H groups in total. The Kier molecular flexibility index (Phi) is 6.40. The zero-order valence-electron chi connectivity index (χ0n) is 15.4. The Balaban J connectivity index is 1.86. The number of carbonyl (C=O) groups excluding carboxylic acids is 3. The monoisotopic (exact) mass is 412 g/mol. The normalized spacial score (nSPS) is 14.7. The van der Waals surface area contributed by atoms with Gasteiger partial charge in [0, 0.05) is 7.05 Å². The van der Waals surface area contributed by atoms with Crippen molar-refractivity contribution in [1.82, 2.24) is 10.6 Å². The van der Waals surface area contributed by atoms with E-state index < -0.39 is 23.7 Å². The minimum absolute atomic E-state index is 0.129. The summed E-state index contributed by atoms with van der Waals surface area (Å²) < 4.78 is 13.3. The standard InChI is InChI=1S/C20H17FN4O3S/c1-22-19(28)24-17(26)12-29-20-23-16(11-13-5-3-2-4-6-13)18(27)25(20)15-9-7-14(21)8-10-15/h2-11H,12H2,1H3,(H2,22,24,26,28). The molecule has 29 heavy (non-hydrogen) atoms. The van der Waals surface area contributed by atoms with Crippen LogP contribution >= 0.6 is 11.8 Å². The molecule has 7 nitrogen and oxygen atoms in total. The van der Waals surface area contributed by atoms with Crippen LogP contribution in [0.5, 0.6) is 0 Å². The van der Waals surface area contributed by atoms with Crippen LogP contribution in [-0.2, 0) is 9.59 Å². The van der Waals surface area contributed by atoms with E-state index >= 15 is 0 Å². The van der Waals surface area contributed by atoms with Crippen molar-refractivity contribution in [2.45, 2.75) is 0 Å². The van der Waals surface area contributed by atoms with Gasteiger partial charge in [-0.2, -0.15) is 0 Å². The van der Waals surface area contributed by atoms with Crippen molar-refractivity contribution in [2.24, 2.45) is 4.99 Å². The molecule has 9 heteroatoms. The molecule has 0 saturated heterocycles. The molecule has 0 aromatic heterocycles. The summed E-state index contributed by atoms with van der Waals surface area (Å²) in [5, 5.41) is 4.69. The summed E-state index contributed by atoms with van der Waals surface area (Å²) in [5.74, 6) is -1.49. The number of halogens is 1. The minimum atomic E-state index is -0.625. The van der Waals surface area contributed by atoms with Gasteiger partial charge in [0.25, 0.3) is 5.91 Å². The summed E-state index contributed by atoms with van der Waals surface area (Å²) in [4.78, 5) is 41.8. The van der Waals surface area contributed by atoms with Gasteiger partial charge in [-0.1, -0.05) is 42.1 Å². The topological polar surface area (TPSA) is 90.9 Å². The molecule has 1 aliphatic heterocycles. The summed E-state index contributed by atoms with van der Waals surface area (Å²) in [5.41, 5.74) is 1.41. The maximum absolute atomic E-state index is 13.3. The van der Waals surface area contributed by atoms with Crippen LogP contribution in [-0.4, -0.2) is 35.8 Å². The molecule has 0 unspecified atom stereocenters. The lowest BCUT2D eigenvalue weighted by Crippen LogP contribution is -2.39. The maximum atomic E-state index is 13.3. The molecule has 3 rings (SSSR count). The van der Waals surface area contributed by atoms with E-state index in [0.29, 0.717) is 5.69 Å². The average Bonchev–Trinajstić information content (AvgIpc) is 3.03. The van der Waals surface area contributed by atoms with Crippen LogP contribution in [0.3, 0.4) is 0 Å². The second-order valence-corrected chi connectivity index (χ2v) is 6.81. The van der Waals surface area contributed by atoms with Crippen LogP contribution in [0.1, 0.15) is 5.56 Å². The predicted molar refractivity (Wildman–Crippen MR) is 111 cm³/mol. The van der Waals surface area contributed by atoms with E-state index in [2.05, 4.69) is 15.6 Å². The third-order valence-corrected chi connectivity index (χ3v) is 4.77. The van der Waals surface area contributed by atoms with Crippen LogP contribution in [0.4, 0.5) is 14.9 Å². The second kappa shape index (κ2) is 9.16. The van der Waals surface area contributed by atoms with Gasteiger partial charge in [0.1, 0.15) is 11.5 Å². The first kappa shape index (κ1) is 20.3. The van der Waals surface area contributed by atoms with Gasteiger partial charge >= 0.3 is 6.03 Å². The molecule has 0 spiro atoms. The second-order valence-electron chi connectivity index (χ2n) is 5.87. The largest absolute Gasteiger partial charge is 0.341 e. The quantitative estimate of drug-likeness (QED) is 0.756. The Hall–Kier alpha value is -3.46. The highest BCUT2D eigenvalue weighted by Crippen LogP contribution is 2.29. The van der Waals surface area contributed by atoms with E-state index in [-0.39, 0.29) is 16.6 Å². The van der Waals surface area contributed by atoms with Gasteiger partial charge in [-0.25, -0.2) is 14.2 Å². The SMILES string of the molecule is CNC(=O)NC(=O)CSC1=NC(=Cc2ccccc2)C(=O)N1c1ccc(F)cc1. The number of amides is 4. The molecule has 0 radical (unpaired) electrons. The summed E-state index contributed by atoms with van der Waals surface area (Å²) in [6.45, 7) is 0. The first-order chi connectivity index (χ1) is 14.0. The highest BCUT2D eigenvalue weighted by Gasteiger charge is 2.32. The number of hydrogen-bond acceptors (Lipinski definition) is 5. The minimum Gasteiger partial charge on any atom is -0.341 e. The molecule has 0 saturated carbocycles. The number of nitrogens with one attached hydrogen (secondary N) is 2. The number of anilines is 1. The van der Waals surface area contributed by atoms with Crippen molar-refractivity contribution in [3.8, 4) is 0 Å². The van der Waals surface area contributed by atoms with Crippen LogP contribution < -0.4 is 15.5 Å². The molecule has 0 aliphatic carbocycles. The highest BCUT2D eigenvalue weighted by molar-refractivity contribution is 8.14. The van der Waals surface area contributed by atoms with E-state index in [4.69, 9.17) is 0 Å². The number of imide groups is 1. The highest BCUT2D eigenvalue weighted by atomic mass is 32.2. The lowest BCUT2D eigenvalue weighted by atomic mass is 10.2. The van der Waals surface area contributed by atoms with Crippen molar-refractivity contribution in [1.29, 1.82) is 0 Å². The number of benzene rings is 2. The van der Waals surface area contributed by atoms with Crippen molar-refractivity contribution >= 4 is 46.5 Å². The lowest BCUT2D eigenvalue weighted by Gasteiger charge is -2.17. The van der Waals surface area contributed by atoms with Gasteiger partial charge in [-0.15, -0.1) is 0 Å². The van der Waals surface area contributed by atoms with Crippen LogP contribution in [0, 0.1) is 5.82 Å². The summed E-state index contributed by atoms with van der Waals surface area (Å²) in [7, 11) is 1.40. The van der Waals surface area contributed by atoms with E-state index in [1.54, 1.807) is 6.08 Å². The van der Waals surface area contributed by atoms with E-state index in [1.807, 2.05) is 30.3 Å². The first-order valence-electron chi connectivity index (χ1n) is 8.58. The fourth-order valence-electron chi connectivity index (χ4n) is 2.47. The van der Waals surface area contributed by atoms with Crippen LogP contribution in [0.2, 0.25) is 0 Å². The van der Waals surface area contributed by atoms with Gasteiger partial charge < -0.3 is 5.32 Å². The number of urea groups is 1. The summed E-state index contributed by atoms with van der Waals surface area (Å²) >= 11 is 0.998. The Morgan fingerprint density at radius 2 is 1.83 bits per heavy atom. The third-order valence-electron chi connectivity index (χ3n) is 3.83. The van der Waals surface area contributed by atoms with E-state index in [1.165, 1.54) is 36.2 Å². The summed E-state index contributed by atoms with van der Waals surface area (Å²) in [6.07, 6.45) is 1.64. The number of carbonyl (C=O) groups is 3. The van der Waals surface area contributed by atoms with Crippen molar-refractivity contribution in [3.05, 3.63) is 71.7 Å². The lowest BCUT2D eigenvalue weighted by molar-refractivity contribution is -0.117. The first-order valence-corrected chi connectivity index (χ1v) is 9.56. The zero-order chi connectivity index (χ0) is 20.8. The molecule has 1 heterocycles. The number of amidine groups is 1. The fourth-order valence-corrected chi connectivity index (χ4v) is 3.29. The Morgan fingerprint density at radius 3 is 2.48 bits per heavy atom. The number of hydrogen-bond donors (Lipinski definition) is 2. The zero-order valence-corrected chi connectivity index (χ0v) is 16.2. The van der Waals surface area contributed by atoms with Gasteiger partial charge in [-0.3, -0.25) is 19.8 Å². The van der Waals surface area contributed by atoms with E-state index in [9.17, 15) is 18.8 Å². The molecule has 1 aliphatic rings. The third kappa shape index (κ3) is 5.08. The van der Waals surface area contributed by atoms with E-state index in [0.717, 1.165) is 17.3 Å². The molecule has 2 aromatic rings. The van der Waals surface area contributed by atoms with Crippen molar-refractivity contribution in [2.75, 3.05) is 17.7 Å². The molecular formula is C20H17FN4O3S. The molecular weight excluding hydrogens is 395 g/mol.